The van der Waals surface area contributed by atoms with E-state index in [9.17, 15) is 0 Å². The van der Waals surface area contributed by atoms with Gasteiger partial charge in [0.05, 0.1) is 31.2 Å². The zero-order valence-corrected chi connectivity index (χ0v) is 15.1. The number of benzene rings is 1. The van der Waals surface area contributed by atoms with Gasteiger partial charge in [-0.2, -0.15) is 5.10 Å². The Hall–Kier alpha value is -2.01. The predicted molar refractivity (Wildman–Crippen MR) is 99.2 cm³/mol. The highest BCUT2D eigenvalue weighted by molar-refractivity contribution is 5.85. The number of hydrogen-bond acceptors (Lipinski definition) is 4. The summed E-state index contributed by atoms with van der Waals surface area (Å²) in [6, 6.07) is 6.65. The maximum Gasteiger partial charge on any atom is 0.108 e. The van der Waals surface area contributed by atoms with Crippen LogP contribution in [0.25, 0.3) is 0 Å². The summed E-state index contributed by atoms with van der Waals surface area (Å²) >= 11 is 0. The van der Waals surface area contributed by atoms with Crippen molar-refractivity contribution in [2.45, 2.75) is 19.8 Å². The lowest BCUT2D eigenvalue weighted by molar-refractivity contribution is -0.557. The van der Waals surface area contributed by atoms with E-state index in [1.54, 1.807) is 0 Å². The van der Waals surface area contributed by atoms with Crippen LogP contribution in [0.3, 0.4) is 0 Å². The number of nitrogens with two attached hydrogens (primary N) is 1. The third-order valence-corrected chi connectivity index (χ3v) is 4.12. The number of hydrazone groups is 1. The molecule has 23 heavy (non-hydrogen) atoms. The van der Waals surface area contributed by atoms with Crippen LogP contribution in [0.5, 0.6) is 0 Å². The first kappa shape index (κ1) is 17.3. The molecule has 126 valence electrons. The molecule has 0 aliphatic carbocycles. The summed E-state index contributed by atoms with van der Waals surface area (Å²) in [5, 5.41) is 8.72. The lowest BCUT2D eigenvalue weighted by atomic mass is 10.0. The van der Waals surface area contributed by atoms with Crippen LogP contribution in [0, 0.1) is 0 Å². The fourth-order valence-corrected chi connectivity index (χ4v) is 2.97. The first-order valence-electron chi connectivity index (χ1n) is 8.29. The summed E-state index contributed by atoms with van der Waals surface area (Å²) in [6.45, 7) is 4.04. The van der Waals surface area contributed by atoms with E-state index < -0.39 is 0 Å². The van der Waals surface area contributed by atoms with Crippen molar-refractivity contribution in [3.63, 3.8) is 0 Å². The number of quaternary nitrogens is 1. The highest BCUT2D eigenvalue weighted by Crippen LogP contribution is 2.29. The number of nitrogens with zero attached hydrogens (tertiary/aromatic N) is 4. The second-order valence-electron chi connectivity index (χ2n) is 6.29. The van der Waals surface area contributed by atoms with Crippen LogP contribution in [0.2, 0.25) is 0 Å². The first-order chi connectivity index (χ1) is 11.0. The molecule has 2 N–H and O–H groups in total. The summed E-state index contributed by atoms with van der Waals surface area (Å²) in [6.07, 6.45) is 6.49. The normalized spacial score (nSPS) is 15.0. The zero-order valence-electron chi connectivity index (χ0n) is 15.1. The van der Waals surface area contributed by atoms with Crippen molar-refractivity contribution in [1.29, 1.82) is 0 Å². The van der Waals surface area contributed by atoms with Gasteiger partial charge in [0, 0.05) is 33.4 Å². The molecule has 0 atom stereocenters. The molecule has 0 fully saturated rings. The molecule has 1 heterocycles. The average molecular weight is 316 g/mol. The largest absolute Gasteiger partial charge is 0.374 e. The SMILES string of the molecule is C[NH2+]/C=C\N(C)C/C(C)=N/N(C)c1ccc2c(c1)CCCN2C. The van der Waals surface area contributed by atoms with E-state index in [2.05, 4.69) is 55.2 Å². The molecule has 0 saturated heterocycles. The van der Waals surface area contributed by atoms with Gasteiger partial charge in [-0.3, -0.25) is 5.01 Å². The maximum atomic E-state index is 4.71. The third-order valence-electron chi connectivity index (χ3n) is 4.12. The molecule has 5 nitrogen and oxygen atoms in total. The molecule has 1 aliphatic rings. The smallest absolute Gasteiger partial charge is 0.108 e. The lowest BCUT2D eigenvalue weighted by Gasteiger charge is -2.28. The molecule has 1 aromatic rings. The Kier molecular flexibility index (Phi) is 6.04. The fraction of sp³-hybridized carbons (Fsp3) is 0.500. The number of rotatable bonds is 6. The number of fused-ring (bicyclic) bond motifs is 1. The molecule has 0 spiro atoms. The van der Waals surface area contributed by atoms with E-state index in [4.69, 9.17) is 5.10 Å². The van der Waals surface area contributed by atoms with Gasteiger partial charge in [-0.05, 0) is 43.5 Å². The van der Waals surface area contributed by atoms with Crippen molar-refractivity contribution in [3.05, 3.63) is 36.2 Å². The zero-order chi connectivity index (χ0) is 16.8. The Morgan fingerprint density at radius 3 is 2.91 bits per heavy atom. The number of hydrogen-bond donors (Lipinski definition) is 1. The maximum absolute atomic E-state index is 4.71. The standard InChI is InChI=1S/C18H29N5/c1-15(14-21(3)12-10-19-2)20-23(5)17-8-9-18-16(13-17)7-6-11-22(18)4/h8-10,12-13,19H,6-7,11,14H2,1-5H3/p+1/b12-10-,20-15+. The van der Waals surface area contributed by atoms with Gasteiger partial charge >= 0.3 is 0 Å². The highest BCUT2D eigenvalue weighted by atomic mass is 15.4. The Morgan fingerprint density at radius 1 is 1.39 bits per heavy atom. The molecule has 1 aliphatic heterocycles. The highest BCUT2D eigenvalue weighted by Gasteiger charge is 2.14. The van der Waals surface area contributed by atoms with Gasteiger partial charge in [0.25, 0.3) is 0 Å². The molecule has 0 radical (unpaired) electrons. The Balaban J connectivity index is 2.06. The van der Waals surface area contributed by atoms with Crippen LogP contribution in [-0.2, 0) is 6.42 Å². The molecule has 0 bridgehead atoms. The molecule has 2 rings (SSSR count). The van der Waals surface area contributed by atoms with Crippen molar-refractivity contribution >= 4 is 17.1 Å². The van der Waals surface area contributed by atoms with Gasteiger partial charge in [0.15, 0.2) is 0 Å². The molecule has 0 amide bonds. The Bertz CT molecular complexity index is 579. The summed E-state index contributed by atoms with van der Waals surface area (Å²) < 4.78 is 0. The molecule has 0 aromatic heterocycles. The minimum atomic E-state index is 0.822. The molecule has 1 aromatic carbocycles. The summed E-state index contributed by atoms with van der Waals surface area (Å²) in [7, 11) is 8.27. The minimum Gasteiger partial charge on any atom is -0.374 e. The van der Waals surface area contributed by atoms with Crippen molar-refractivity contribution in [2.24, 2.45) is 5.10 Å². The molecular weight excluding hydrogens is 286 g/mol. The number of anilines is 2. The average Bonchev–Trinajstić information content (AvgIpc) is 2.52. The van der Waals surface area contributed by atoms with Gasteiger partial charge in [0.2, 0.25) is 0 Å². The Labute approximate surface area is 140 Å². The van der Waals surface area contributed by atoms with Gasteiger partial charge in [-0.15, -0.1) is 0 Å². The van der Waals surface area contributed by atoms with E-state index in [-0.39, 0.29) is 0 Å². The lowest BCUT2D eigenvalue weighted by Crippen LogP contribution is -2.72. The van der Waals surface area contributed by atoms with E-state index in [0.717, 1.165) is 30.9 Å². The van der Waals surface area contributed by atoms with E-state index in [1.807, 2.05) is 30.6 Å². The molecule has 5 heteroatoms. The second-order valence-corrected chi connectivity index (χ2v) is 6.29. The van der Waals surface area contributed by atoms with Crippen LogP contribution < -0.4 is 15.2 Å². The van der Waals surface area contributed by atoms with Gasteiger partial charge < -0.3 is 15.1 Å². The van der Waals surface area contributed by atoms with Gasteiger partial charge in [-0.25, -0.2) is 0 Å². The quantitative estimate of drug-likeness (QED) is 0.638. The van der Waals surface area contributed by atoms with Gasteiger partial charge in [-0.1, -0.05) is 0 Å². The minimum absolute atomic E-state index is 0.822. The van der Waals surface area contributed by atoms with Crippen LogP contribution in [0.15, 0.2) is 35.7 Å². The van der Waals surface area contributed by atoms with Gasteiger partial charge in [0.1, 0.15) is 6.20 Å². The third kappa shape index (κ3) is 4.73. The molecule has 0 unspecified atom stereocenters. The van der Waals surface area contributed by atoms with Crippen molar-refractivity contribution in [1.82, 2.24) is 4.90 Å². The second kappa shape index (κ2) is 8.02. The van der Waals surface area contributed by atoms with Crippen LogP contribution in [0.1, 0.15) is 18.9 Å². The van der Waals surface area contributed by atoms with Crippen LogP contribution in [0.4, 0.5) is 11.4 Å². The summed E-state index contributed by atoms with van der Waals surface area (Å²) in [5.74, 6) is 0. The predicted octanol–water partition coefficient (Wildman–Crippen LogP) is 1.48. The summed E-state index contributed by atoms with van der Waals surface area (Å²) in [4.78, 5) is 4.47. The van der Waals surface area contributed by atoms with E-state index >= 15 is 0 Å². The molecular formula is C18H30N5+. The van der Waals surface area contributed by atoms with Crippen molar-refractivity contribution < 1.29 is 5.32 Å². The van der Waals surface area contributed by atoms with Crippen molar-refractivity contribution in [3.8, 4) is 0 Å². The molecule has 0 saturated carbocycles. The topological polar surface area (TPSA) is 38.7 Å². The van der Waals surface area contributed by atoms with Crippen molar-refractivity contribution in [2.75, 3.05) is 51.2 Å². The van der Waals surface area contributed by atoms with E-state index in [1.165, 1.54) is 17.7 Å². The van der Waals surface area contributed by atoms with E-state index in [0.29, 0.717) is 0 Å². The summed E-state index contributed by atoms with van der Waals surface area (Å²) in [5.41, 5.74) is 5.02. The van der Waals surface area contributed by atoms with Crippen LogP contribution >= 0.6 is 0 Å². The first-order valence-corrected chi connectivity index (χ1v) is 8.29. The monoisotopic (exact) mass is 316 g/mol. The Morgan fingerprint density at radius 2 is 2.17 bits per heavy atom. The van der Waals surface area contributed by atoms with Crippen LogP contribution in [-0.4, -0.2) is 51.9 Å². The fourth-order valence-electron chi connectivity index (χ4n) is 2.97. The number of aryl methyl sites for hydroxylation is 1.